The second-order valence-corrected chi connectivity index (χ2v) is 8.61. The van der Waals surface area contributed by atoms with Crippen LogP contribution in [0.3, 0.4) is 0 Å². The monoisotopic (exact) mass is 427 g/mol. The Bertz CT molecular complexity index is 1250. The third-order valence-electron chi connectivity index (χ3n) is 6.35. The Morgan fingerprint density at radius 1 is 1.22 bits per heavy atom. The summed E-state index contributed by atoms with van der Waals surface area (Å²) in [6.07, 6.45) is 7.58. The molecule has 0 radical (unpaired) electrons. The molecule has 4 aromatic rings. The Balaban J connectivity index is 1.45. The number of anilines is 2. The number of aromatic nitrogens is 5. The SMILES string of the molecule is CCC(C)n1cnc2c(NCCC3CNc4ccccc43)nc(-c3cncc(C)c3)nc21. The molecule has 32 heavy (non-hydrogen) atoms. The first-order valence-corrected chi connectivity index (χ1v) is 11.4. The van der Waals surface area contributed by atoms with E-state index in [1.165, 1.54) is 11.3 Å². The highest BCUT2D eigenvalue weighted by atomic mass is 15.2. The van der Waals surface area contributed by atoms with Crippen LogP contribution in [0.25, 0.3) is 22.6 Å². The Morgan fingerprint density at radius 3 is 2.94 bits per heavy atom. The molecular weight excluding hydrogens is 398 g/mol. The fourth-order valence-electron chi connectivity index (χ4n) is 4.34. The number of imidazole rings is 1. The minimum Gasteiger partial charge on any atom is -0.384 e. The van der Waals surface area contributed by atoms with E-state index in [2.05, 4.69) is 69.3 Å². The number of aryl methyl sites for hydroxylation is 1. The van der Waals surface area contributed by atoms with Crippen LogP contribution in [-0.4, -0.2) is 37.6 Å². The van der Waals surface area contributed by atoms with Crippen LogP contribution in [-0.2, 0) is 0 Å². The summed E-state index contributed by atoms with van der Waals surface area (Å²) in [4.78, 5) is 18.8. The zero-order chi connectivity index (χ0) is 22.1. The number of para-hydroxylation sites is 1. The van der Waals surface area contributed by atoms with Gasteiger partial charge >= 0.3 is 0 Å². The lowest BCUT2D eigenvalue weighted by Gasteiger charge is -2.14. The fourth-order valence-corrected chi connectivity index (χ4v) is 4.34. The molecule has 7 heteroatoms. The van der Waals surface area contributed by atoms with Crippen molar-refractivity contribution in [3.05, 3.63) is 60.2 Å². The van der Waals surface area contributed by atoms with Gasteiger partial charge in [-0.15, -0.1) is 0 Å². The number of pyridine rings is 1. The van der Waals surface area contributed by atoms with Gasteiger partial charge in [0.15, 0.2) is 17.3 Å². The van der Waals surface area contributed by atoms with Gasteiger partial charge in [-0.1, -0.05) is 25.1 Å². The van der Waals surface area contributed by atoms with Crippen molar-refractivity contribution in [3.8, 4) is 11.4 Å². The van der Waals surface area contributed by atoms with Crippen LogP contribution in [0.2, 0.25) is 0 Å². The molecule has 2 N–H and O–H groups in total. The predicted molar refractivity (Wildman–Crippen MR) is 129 cm³/mol. The van der Waals surface area contributed by atoms with Crippen molar-refractivity contribution in [1.82, 2.24) is 24.5 Å². The molecule has 0 bridgehead atoms. The summed E-state index contributed by atoms with van der Waals surface area (Å²) < 4.78 is 2.14. The topological polar surface area (TPSA) is 80.5 Å². The normalized spacial score (nSPS) is 16.0. The van der Waals surface area contributed by atoms with Crippen LogP contribution in [0.5, 0.6) is 0 Å². The lowest BCUT2D eigenvalue weighted by molar-refractivity contribution is 0.541. The first-order chi connectivity index (χ1) is 15.6. The average molecular weight is 428 g/mol. The number of benzene rings is 1. The zero-order valence-corrected chi connectivity index (χ0v) is 18.8. The van der Waals surface area contributed by atoms with Crippen LogP contribution in [0.15, 0.2) is 49.1 Å². The van der Waals surface area contributed by atoms with Gasteiger partial charge in [-0.25, -0.2) is 15.0 Å². The molecule has 4 heterocycles. The van der Waals surface area contributed by atoms with Gasteiger partial charge < -0.3 is 15.2 Å². The van der Waals surface area contributed by atoms with E-state index in [9.17, 15) is 0 Å². The van der Waals surface area contributed by atoms with E-state index in [1.54, 1.807) is 0 Å². The van der Waals surface area contributed by atoms with Crippen LogP contribution in [0, 0.1) is 6.92 Å². The molecule has 164 valence electrons. The van der Waals surface area contributed by atoms with E-state index in [0.29, 0.717) is 17.8 Å². The van der Waals surface area contributed by atoms with Crippen LogP contribution in [0.1, 0.15) is 49.8 Å². The quantitative estimate of drug-likeness (QED) is 0.423. The van der Waals surface area contributed by atoms with Crippen molar-refractivity contribution >= 4 is 22.7 Å². The summed E-state index contributed by atoms with van der Waals surface area (Å²) in [5.74, 6) is 1.95. The summed E-state index contributed by atoms with van der Waals surface area (Å²) in [5.41, 5.74) is 6.34. The van der Waals surface area contributed by atoms with E-state index in [-0.39, 0.29) is 0 Å². The van der Waals surface area contributed by atoms with Crippen molar-refractivity contribution in [1.29, 1.82) is 0 Å². The highest BCUT2D eigenvalue weighted by Crippen LogP contribution is 2.33. The van der Waals surface area contributed by atoms with Crippen LogP contribution in [0.4, 0.5) is 11.5 Å². The minimum absolute atomic E-state index is 0.312. The summed E-state index contributed by atoms with van der Waals surface area (Å²) >= 11 is 0. The lowest BCUT2D eigenvalue weighted by Crippen LogP contribution is -2.12. The maximum Gasteiger partial charge on any atom is 0.166 e. The van der Waals surface area contributed by atoms with Gasteiger partial charge in [-0.3, -0.25) is 4.98 Å². The summed E-state index contributed by atoms with van der Waals surface area (Å²) in [5, 5.41) is 7.08. The van der Waals surface area contributed by atoms with Gasteiger partial charge in [0.2, 0.25) is 0 Å². The molecule has 2 atom stereocenters. The summed E-state index contributed by atoms with van der Waals surface area (Å²) in [6, 6.07) is 11.0. The van der Waals surface area contributed by atoms with E-state index in [0.717, 1.165) is 54.0 Å². The van der Waals surface area contributed by atoms with Gasteiger partial charge in [0.1, 0.15) is 5.52 Å². The minimum atomic E-state index is 0.312. The zero-order valence-electron chi connectivity index (χ0n) is 18.8. The highest BCUT2D eigenvalue weighted by molar-refractivity contribution is 5.85. The van der Waals surface area contributed by atoms with Crippen molar-refractivity contribution in [2.45, 2.75) is 45.6 Å². The van der Waals surface area contributed by atoms with Crippen LogP contribution >= 0.6 is 0 Å². The molecule has 3 aromatic heterocycles. The molecule has 0 amide bonds. The third-order valence-corrected chi connectivity index (χ3v) is 6.35. The maximum absolute atomic E-state index is 4.89. The number of nitrogens with one attached hydrogen (secondary N) is 2. The first kappa shape index (κ1) is 20.4. The molecule has 0 spiro atoms. The Hall–Kier alpha value is -3.48. The second-order valence-electron chi connectivity index (χ2n) is 8.61. The molecule has 0 saturated carbocycles. The standard InChI is InChI=1S/C25H29N7/c1-4-17(3)32-15-29-22-24(27-10-9-18-14-28-21-8-6-5-7-20(18)21)30-23(31-25(22)32)19-11-16(2)12-26-13-19/h5-8,11-13,15,17-18,28H,4,9-10,14H2,1-3H3,(H,27,30,31). The molecule has 2 unspecified atom stereocenters. The number of nitrogens with zero attached hydrogens (tertiary/aromatic N) is 5. The molecule has 0 fully saturated rings. The number of rotatable bonds is 7. The third kappa shape index (κ3) is 3.79. The van der Waals surface area contributed by atoms with Crippen molar-refractivity contribution in [2.75, 3.05) is 23.7 Å². The number of fused-ring (bicyclic) bond motifs is 2. The molecule has 1 aromatic carbocycles. The van der Waals surface area contributed by atoms with E-state index in [4.69, 9.17) is 9.97 Å². The van der Waals surface area contributed by atoms with Gasteiger partial charge in [0.25, 0.3) is 0 Å². The van der Waals surface area contributed by atoms with E-state index in [1.807, 2.05) is 25.6 Å². The molecule has 7 nitrogen and oxygen atoms in total. The van der Waals surface area contributed by atoms with E-state index >= 15 is 0 Å². The molecule has 5 rings (SSSR count). The van der Waals surface area contributed by atoms with Crippen molar-refractivity contribution in [2.24, 2.45) is 0 Å². The van der Waals surface area contributed by atoms with Gasteiger partial charge in [0.05, 0.1) is 6.33 Å². The molecular formula is C25H29N7. The lowest BCUT2D eigenvalue weighted by atomic mass is 9.98. The van der Waals surface area contributed by atoms with Gasteiger partial charge in [-0.2, -0.15) is 0 Å². The average Bonchev–Trinajstić information content (AvgIpc) is 3.43. The van der Waals surface area contributed by atoms with Crippen molar-refractivity contribution in [3.63, 3.8) is 0 Å². The fraction of sp³-hybridized carbons (Fsp3) is 0.360. The Kier molecular flexibility index (Phi) is 5.47. The first-order valence-electron chi connectivity index (χ1n) is 11.4. The predicted octanol–water partition coefficient (Wildman–Crippen LogP) is 5.18. The summed E-state index contributed by atoms with van der Waals surface area (Å²) in [6.45, 7) is 8.19. The molecule has 0 aliphatic carbocycles. The number of hydrogen-bond donors (Lipinski definition) is 2. The van der Waals surface area contributed by atoms with E-state index < -0.39 is 0 Å². The largest absolute Gasteiger partial charge is 0.384 e. The Labute approximate surface area is 188 Å². The number of hydrogen-bond acceptors (Lipinski definition) is 6. The van der Waals surface area contributed by atoms with Gasteiger partial charge in [0, 0.05) is 48.7 Å². The Morgan fingerprint density at radius 2 is 2.09 bits per heavy atom. The van der Waals surface area contributed by atoms with Gasteiger partial charge in [-0.05, 0) is 49.9 Å². The molecule has 1 aliphatic rings. The molecule has 0 saturated heterocycles. The summed E-state index contributed by atoms with van der Waals surface area (Å²) in [7, 11) is 0. The second kappa shape index (κ2) is 8.57. The highest BCUT2D eigenvalue weighted by Gasteiger charge is 2.22. The maximum atomic E-state index is 4.89. The van der Waals surface area contributed by atoms with Crippen molar-refractivity contribution < 1.29 is 0 Å². The molecule has 1 aliphatic heterocycles. The van der Waals surface area contributed by atoms with Crippen LogP contribution < -0.4 is 10.6 Å². The smallest absolute Gasteiger partial charge is 0.166 e.